The summed E-state index contributed by atoms with van der Waals surface area (Å²) in [7, 11) is -4.55. The zero-order valence-corrected chi connectivity index (χ0v) is 9.95. The second-order valence-corrected chi connectivity index (χ2v) is 4.34. The van der Waals surface area contributed by atoms with Crippen LogP contribution in [0.3, 0.4) is 0 Å². The van der Waals surface area contributed by atoms with Crippen molar-refractivity contribution >= 4 is 22.0 Å². The molecule has 0 aliphatic rings. The lowest BCUT2D eigenvalue weighted by Gasteiger charge is -1.97. The molecule has 0 spiro atoms. The normalized spacial score (nSPS) is 10.3. The maximum absolute atomic E-state index is 12.4. The monoisotopic (exact) mass is 236 g/mol. The molecule has 0 aliphatic carbocycles. The fourth-order valence-corrected chi connectivity index (χ4v) is 1.80. The Morgan fingerprint density at radius 1 is 1.29 bits per heavy atom. The summed E-state index contributed by atoms with van der Waals surface area (Å²) < 4.78 is 33.3. The molecule has 0 fully saturated rings. The third kappa shape index (κ3) is 4.11. The van der Waals surface area contributed by atoms with Gasteiger partial charge in [-0.1, -0.05) is 19.9 Å². The highest BCUT2D eigenvalue weighted by Gasteiger charge is 2.10. The number of halogens is 1. The van der Waals surface area contributed by atoms with Gasteiger partial charge in [0, 0.05) is 4.90 Å². The van der Waals surface area contributed by atoms with Crippen LogP contribution in [-0.4, -0.2) is 14.7 Å². The lowest BCUT2D eigenvalue weighted by atomic mass is 10.4. The highest BCUT2D eigenvalue weighted by molar-refractivity contribution is 7.98. The third-order valence-corrected chi connectivity index (χ3v) is 2.87. The van der Waals surface area contributed by atoms with E-state index in [1.165, 1.54) is 30.0 Å². The molecule has 0 unspecified atom stereocenters. The van der Waals surface area contributed by atoms with Gasteiger partial charge in [0.2, 0.25) is 0 Å². The third-order valence-electron chi connectivity index (χ3n) is 1.32. The Balaban J connectivity index is 0.000000791. The van der Waals surface area contributed by atoms with Crippen molar-refractivity contribution in [2.45, 2.75) is 23.6 Å². The van der Waals surface area contributed by atoms with Crippen LogP contribution >= 0.6 is 11.8 Å². The molecule has 1 rings (SSSR count). The molecular weight excluding hydrogens is 223 g/mol. The van der Waals surface area contributed by atoms with Crippen LogP contribution in [0, 0.1) is 0 Å². The molecule has 1 aromatic rings. The van der Waals surface area contributed by atoms with Crippen molar-refractivity contribution in [3.8, 4) is 0 Å². The molecule has 0 heterocycles. The molecular formula is C9H13FO2S2. The van der Waals surface area contributed by atoms with Crippen LogP contribution in [0.2, 0.25) is 0 Å². The molecule has 80 valence electrons. The minimum atomic E-state index is -4.55. The Labute approximate surface area is 88.7 Å². The Hall–Kier alpha value is -0.550. The van der Waals surface area contributed by atoms with E-state index in [4.69, 9.17) is 0 Å². The smallest absolute Gasteiger partial charge is 0.189 e. The SMILES string of the molecule is CC.CSc1cccc(S(=O)(=O)F)c1. The van der Waals surface area contributed by atoms with Gasteiger partial charge in [0.15, 0.2) is 0 Å². The first kappa shape index (κ1) is 13.4. The maximum Gasteiger partial charge on any atom is 0.332 e. The number of benzene rings is 1. The first-order chi connectivity index (χ1) is 6.54. The van der Waals surface area contributed by atoms with Gasteiger partial charge in [0.1, 0.15) is 0 Å². The van der Waals surface area contributed by atoms with E-state index in [2.05, 4.69) is 0 Å². The zero-order chi connectivity index (χ0) is 11.2. The topological polar surface area (TPSA) is 34.1 Å². The molecule has 0 N–H and O–H groups in total. The van der Waals surface area contributed by atoms with Crippen molar-refractivity contribution in [3.05, 3.63) is 24.3 Å². The summed E-state index contributed by atoms with van der Waals surface area (Å²) in [6, 6.07) is 5.77. The minimum Gasteiger partial charge on any atom is -0.189 e. The van der Waals surface area contributed by atoms with E-state index < -0.39 is 10.2 Å². The molecule has 2 nitrogen and oxygen atoms in total. The highest BCUT2D eigenvalue weighted by atomic mass is 32.3. The van der Waals surface area contributed by atoms with Gasteiger partial charge in [-0.2, -0.15) is 8.42 Å². The molecule has 0 radical (unpaired) electrons. The Morgan fingerprint density at radius 3 is 2.29 bits per heavy atom. The van der Waals surface area contributed by atoms with Gasteiger partial charge in [-0.3, -0.25) is 0 Å². The van der Waals surface area contributed by atoms with Gasteiger partial charge in [-0.05, 0) is 24.5 Å². The molecule has 5 heteroatoms. The van der Waals surface area contributed by atoms with E-state index in [9.17, 15) is 12.3 Å². The predicted molar refractivity (Wildman–Crippen MR) is 57.9 cm³/mol. The summed E-state index contributed by atoms with van der Waals surface area (Å²) in [6.07, 6.45) is 1.80. The fraction of sp³-hybridized carbons (Fsp3) is 0.333. The van der Waals surface area contributed by atoms with Crippen molar-refractivity contribution in [2.24, 2.45) is 0 Å². The molecule has 0 saturated heterocycles. The highest BCUT2D eigenvalue weighted by Crippen LogP contribution is 2.19. The van der Waals surface area contributed by atoms with Crippen LogP contribution in [0.4, 0.5) is 3.89 Å². The van der Waals surface area contributed by atoms with Crippen molar-refractivity contribution in [3.63, 3.8) is 0 Å². The lowest BCUT2D eigenvalue weighted by molar-refractivity contribution is 0.552. The number of hydrogen-bond acceptors (Lipinski definition) is 3. The van der Waals surface area contributed by atoms with Gasteiger partial charge in [0.25, 0.3) is 0 Å². The largest absolute Gasteiger partial charge is 0.332 e. The zero-order valence-electron chi connectivity index (χ0n) is 8.32. The van der Waals surface area contributed by atoms with E-state index >= 15 is 0 Å². The second kappa shape index (κ2) is 6.03. The van der Waals surface area contributed by atoms with E-state index in [1.54, 1.807) is 12.3 Å². The number of thioether (sulfide) groups is 1. The first-order valence-corrected chi connectivity index (χ1v) is 6.73. The number of hydrogen-bond donors (Lipinski definition) is 0. The molecule has 0 amide bonds. The standard InChI is InChI=1S/C7H7FO2S2.C2H6/c1-11-6-3-2-4-7(5-6)12(8,9)10;1-2/h2-5H,1H3;1-2H3. The quantitative estimate of drug-likeness (QED) is 0.584. The molecule has 0 aromatic heterocycles. The maximum atomic E-state index is 12.4. The van der Waals surface area contributed by atoms with Crippen LogP contribution in [0.25, 0.3) is 0 Å². The van der Waals surface area contributed by atoms with Crippen LogP contribution in [0.1, 0.15) is 13.8 Å². The van der Waals surface area contributed by atoms with E-state index in [-0.39, 0.29) is 4.90 Å². The van der Waals surface area contributed by atoms with Crippen LogP contribution in [-0.2, 0) is 10.2 Å². The van der Waals surface area contributed by atoms with Crippen molar-refractivity contribution in [1.82, 2.24) is 0 Å². The van der Waals surface area contributed by atoms with Crippen molar-refractivity contribution in [1.29, 1.82) is 0 Å². The van der Waals surface area contributed by atoms with Crippen molar-refractivity contribution in [2.75, 3.05) is 6.26 Å². The van der Waals surface area contributed by atoms with E-state index in [1.807, 2.05) is 13.8 Å². The summed E-state index contributed by atoms with van der Waals surface area (Å²) in [5.41, 5.74) is 0. The average molecular weight is 236 g/mol. The lowest BCUT2D eigenvalue weighted by Crippen LogP contribution is -1.90. The van der Waals surface area contributed by atoms with Gasteiger partial charge in [0.05, 0.1) is 4.90 Å². The predicted octanol–water partition coefficient (Wildman–Crippen LogP) is 3.09. The summed E-state index contributed by atoms with van der Waals surface area (Å²) in [5, 5.41) is 0. The summed E-state index contributed by atoms with van der Waals surface area (Å²) in [5.74, 6) is 0. The second-order valence-electron chi connectivity index (χ2n) is 2.12. The van der Waals surface area contributed by atoms with Crippen molar-refractivity contribution < 1.29 is 12.3 Å². The molecule has 1 aromatic carbocycles. The Kier molecular flexibility index (Phi) is 5.79. The summed E-state index contributed by atoms with van der Waals surface area (Å²) >= 11 is 1.37. The van der Waals surface area contributed by atoms with Gasteiger partial charge in [-0.15, -0.1) is 15.6 Å². The average Bonchev–Trinajstić information content (AvgIpc) is 2.20. The van der Waals surface area contributed by atoms with Crippen LogP contribution in [0.15, 0.2) is 34.1 Å². The molecule has 0 aliphatic heterocycles. The Morgan fingerprint density at radius 2 is 1.86 bits per heavy atom. The van der Waals surface area contributed by atoms with Crippen LogP contribution in [0.5, 0.6) is 0 Å². The van der Waals surface area contributed by atoms with E-state index in [0.29, 0.717) is 0 Å². The van der Waals surface area contributed by atoms with Gasteiger partial charge >= 0.3 is 10.2 Å². The van der Waals surface area contributed by atoms with Crippen LogP contribution < -0.4 is 0 Å². The summed E-state index contributed by atoms with van der Waals surface area (Å²) in [6.45, 7) is 4.00. The molecule has 14 heavy (non-hydrogen) atoms. The first-order valence-electron chi connectivity index (χ1n) is 4.13. The Bertz CT molecular complexity index is 374. The van der Waals surface area contributed by atoms with Gasteiger partial charge in [-0.25, -0.2) is 0 Å². The minimum absolute atomic E-state index is 0.283. The molecule has 0 bridgehead atoms. The molecule has 0 atom stereocenters. The van der Waals surface area contributed by atoms with Gasteiger partial charge < -0.3 is 0 Å². The fourth-order valence-electron chi connectivity index (χ4n) is 0.753. The van der Waals surface area contributed by atoms with E-state index in [0.717, 1.165) is 4.90 Å². The summed E-state index contributed by atoms with van der Waals surface area (Å²) in [4.78, 5) is 0.447. The molecule has 0 saturated carbocycles. The number of rotatable bonds is 2.